The van der Waals surface area contributed by atoms with E-state index < -0.39 is 7.82 Å². The molecular weight excluding hydrogens is 527 g/mol. The minimum Gasteiger partial charge on any atom is -0.395 e. The topological polar surface area (TPSA) is 55.8 Å². The Morgan fingerprint density at radius 2 is 0.902 bits per heavy atom. The Balaban J connectivity index is 1.50. The lowest BCUT2D eigenvalue weighted by molar-refractivity contribution is 0.294. The van der Waals surface area contributed by atoms with Gasteiger partial charge in [-0.05, 0) is 118 Å². The first-order valence-electron chi connectivity index (χ1n) is 13.7. The normalized spacial score (nSPS) is 13.7. The predicted octanol–water partition coefficient (Wildman–Crippen LogP) is 10.1. The van der Waals surface area contributed by atoms with Gasteiger partial charge in [0, 0.05) is 11.1 Å². The molecule has 41 heavy (non-hydrogen) atoms. The van der Waals surface area contributed by atoms with Gasteiger partial charge in [-0.1, -0.05) is 72.8 Å². The van der Waals surface area contributed by atoms with Crippen LogP contribution in [0.15, 0.2) is 97.1 Å². The van der Waals surface area contributed by atoms with E-state index in [1.807, 2.05) is 12.1 Å². The van der Waals surface area contributed by atoms with Gasteiger partial charge in [-0.2, -0.15) is 0 Å². The van der Waals surface area contributed by atoms with Gasteiger partial charge in [-0.25, -0.2) is 4.57 Å². The standard InChI is InChI=1S/C36H29O4P/c1-21-7-5-8-22(2)33(21)27-11-15-29-25(19-27)13-17-31-35(29)36-30-16-12-28(34-23(3)9-6-10-24(34)4)20-26(30)14-18-32(36)40-41(37,38)39-31/h5-20H,1-4H3,(H,37,38). The Labute approximate surface area is 239 Å². The molecule has 6 aromatic carbocycles. The molecule has 0 radical (unpaired) electrons. The van der Waals surface area contributed by atoms with Gasteiger partial charge in [0.25, 0.3) is 0 Å². The molecule has 0 fully saturated rings. The lowest BCUT2D eigenvalue weighted by atomic mass is 9.88. The SMILES string of the molecule is Cc1cccc(C)c1-c1ccc2c3c(ccc2c1)OP(=O)(O)Oc1ccc2cc(-c4c(C)cccc4C)ccc2c1-3. The molecule has 0 spiro atoms. The molecule has 5 heteroatoms. The van der Waals surface area contributed by atoms with Crippen LogP contribution in [0.2, 0.25) is 0 Å². The highest BCUT2D eigenvalue weighted by atomic mass is 31.2. The van der Waals surface area contributed by atoms with Crippen molar-refractivity contribution in [3.05, 3.63) is 119 Å². The molecule has 0 aromatic heterocycles. The minimum absolute atomic E-state index is 0.327. The molecule has 1 aliphatic rings. The van der Waals surface area contributed by atoms with Crippen molar-refractivity contribution in [2.75, 3.05) is 0 Å². The van der Waals surface area contributed by atoms with E-state index in [2.05, 4.69) is 100 Å². The molecule has 4 nitrogen and oxygen atoms in total. The summed E-state index contributed by atoms with van der Waals surface area (Å²) in [6.45, 7) is 8.51. The fourth-order valence-corrected chi connectivity index (χ4v) is 7.24. The molecule has 0 bridgehead atoms. The van der Waals surface area contributed by atoms with E-state index in [4.69, 9.17) is 9.05 Å². The summed E-state index contributed by atoms with van der Waals surface area (Å²) in [6.07, 6.45) is 0. The van der Waals surface area contributed by atoms with Gasteiger partial charge in [0.2, 0.25) is 0 Å². The van der Waals surface area contributed by atoms with Gasteiger partial charge in [0.1, 0.15) is 11.5 Å². The molecule has 1 aliphatic heterocycles. The van der Waals surface area contributed by atoms with Crippen LogP contribution < -0.4 is 9.05 Å². The van der Waals surface area contributed by atoms with E-state index >= 15 is 0 Å². The zero-order chi connectivity index (χ0) is 28.5. The van der Waals surface area contributed by atoms with E-state index in [0.29, 0.717) is 11.5 Å². The number of rotatable bonds is 2. The van der Waals surface area contributed by atoms with Crippen LogP contribution >= 0.6 is 7.82 Å². The zero-order valence-electron chi connectivity index (χ0n) is 23.4. The molecule has 0 unspecified atom stereocenters. The second-order valence-corrected chi connectivity index (χ2v) is 12.2. The van der Waals surface area contributed by atoms with Crippen molar-refractivity contribution in [1.82, 2.24) is 0 Å². The van der Waals surface area contributed by atoms with E-state index in [1.165, 1.54) is 33.4 Å². The van der Waals surface area contributed by atoms with Crippen molar-refractivity contribution in [2.24, 2.45) is 0 Å². The van der Waals surface area contributed by atoms with Crippen LogP contribution in [0, 0.1) is 27.7 Å². The number of hydrogen-bond acceptors (Lipinski definition) is 3. The third kappa shape index (κ3) is 4.23. The van der Waals surface area contributed by atoms with Crippen molar-refractivity contribution in [2.45, 2.75) is 27.7 Å². The average molecular weight is 557 g/mol. The van der Waals surface area contributed by atoms with Gasteiger partial charge < -0.3 is 9.05 Å². The van der Waals surface area contributed by atoms with Crippen molar-refractivity contribution in [3.8, 4) is 44.9 Å². The van der Waals surface area contributed by atoms with Crippen LogP contribution in [-0.4, -0.2) is 4.89 Å². The average Bonchev–Trinajstić information content (AvgIpc) is 3.05. The second kappa shape index (κ2) is 9.34. The van der Waals surface area contributed by atoms with Crippen molar-refractivity contribution in [3.63, 3.8) is 0 Å². The van der Waals surface area contributed by atoms with E-state index in [9.17, 15) is 9.46 Å². The maximum absolute atomic E-state index is 13.0. The lowest BCUT2D eigenvalue weighted by Crippen LogP contribution is -1.97. The Hall–Kier alpha value is -4.37. The van der Waals surface area contributed by atoms with Gasteiger partial charge in [0.05, 0.1) is 0 Å². The minimum atomic E-state index is -4.39. The van der Waals surface area contributed by atoms with Crippen LogP contribution in [0.25, 0.3) is 54.9 Å². The number of phosphoric ester groups is 1. The monoisotopic (exact) mass is 556 g/mol. The summed E-state index contributed by atoms with van der Waals surface area (Å²) in [5.74, 6) is 0.654. The Morgan fingerprint density at radius 1 is 0.512 bits per heavy atom. The van der Waals surface area contributed by atoms with Crippen LogP contribution in [-0.2, 0) is 4.57 Å². The summed E-state index contributed by atoms with van der Waals surface area (Å²) in [4.78, 5) is 10.6. The third-order valence-corrected chi connectivity index (χ3v) is 9.03. The number of benzene rings is 6. The molecule has 1 N–H and O–H groups in total. The quantitative estimate of drug-likeness (QED) is 0.216. The fourth-order valence-electron chi connectivity index (χ4n) is 6.41. The van der Waals surface area contributed by atoms with Crippen LogP contribution in [0.3, 0.4) is 0 Å². The van der Waals surface area contributed by atoms with Crippen LogP contribution in [0.1, 0.15) is 22.3 Å². The zero-order valence-corrected chi connectivity index (χ0v) is 24.3. The fraction of sp³-hybridized carbons (Fsp3) is 0.111. The molecule has 7 rings (SSSR count). The molecular formula is C36H29O4P. The van der Waals surface area contributed by atoms with Crippen molar-refractivity contribution >= 4 is 29.4 Å². The Bertz CT molecular complexity index is 1910. The van der Waals surface area contributed by atoms with Gasteiger partial charge in [0.15, 0.2) is 0 Å². The van der Waals surface area contributed by atoms with Gasteiger partial charge >= 0.3 is 7.82 Å². The maximum Gasteiger partial charge on any atom is 0.584 e. The molecule has 0 saturated heterocycles. The molecule has 6 aromatic rings. The molecule has 202 valence electrons. The van der Waals surface area contributed by atoms with E-state index in [-0.39, 0.29) is 0 Å². The lowest BCUT2D eigenvalue weighted by Gasteiger charge is -2.16. The number of phosphoric acid groups is 1. The highest BCUT2D eigenvalue weighted by Gasteiger charge is 2.34. The summed E-state index contributed by atoms with van der Waals surface area (Å²) in [7, 11) is -4.39. The van der Waals surface area contributed by atoms with E-state index in [1.54, 1.807) is 12.1 Å². The summed E-state index contributed by atoms with van der Waals surface area (Å²) >= 11 is 0. The van der Waals surface area contributed by atoms with Gasteiger partial charge in [-0.3, -0.25) is 4.89 Å². The molecule has 0 atom stereocenters. The first-order chi connectivity index (χ1) is 19.7. The summed E-state index contributed by atoms with van der Waals surface area (Å²) in [6, 6.07) is 32.9. The van der Waals surface area contributed by atoms with Crippen molar-refractivity contribution in [1.29, 1.82) is 0 Å². The molecule has 1 heterocycles. The third-order valence-electron chi connectivity index (χ3n) is 8.18. The van der Waals surface area contributed by atoms with Crippen LogP contribution in [0.4, 0.5) is 0 Å². The summed E-state index contributed by atoms with van der Waals surface area (Å²) in [5.41, 5.74) is 11.1. The van der Waals surface area contributed by atoms with Crippen molar-refractivity contribution < 1.29 is 18.5 Å². The maximum atomic E-state index is 13.0. The second-order valence-electron chi connectivity index (χ2n) is 10.9. The van der Waals surface area contributed by atoms with E-state index in [0.717, 1.165) is 43.8 Å². The van der Waals surface area contributed by atoms with Gasteiger partial charge in [-0.15, -0.1) is 0 Å². The number of aryl methyl sites for hydroxylation is 4. The first kappa shape index (κ1) is 25.6. The highest BCUT2D eigenvalue weighted by molar-refractivity contribution is 7.48. The van der Waals surface area contributed by atoms with Crippen LogP contribution in [0.5, 0.6) is 11.5 Å². The molecule has 0 aliphatic carbocycles. The molecule has 0 saturated carbocycles. The summed E-state index contributed by atoms with van der Waals surface area (Å²) in [5, 5.41) is 3.88. The summed E-state index contributed by atoms with van der Waals surface area (Å²) < 4.78 is 24.3. The Morgan fingerprint density at radius 3 is 1.29 bits per heavy atom. The number of hydrogen-bond donors (Lipinski definition) is 1. The highest BCUT2D eigenvalue weighted by Crippen LogP contribution is 2.57. The first-order valence-corrected chi connectivity index (χ1v) is 15.2. The number of fused-ring (bicyclic) bond motifs is 7. The predicted molar refractivity (Wildman–Crippen MR) is 168 cm³/mol. The molecule has 0 amide bonds. The largest absolute Gasteiger partial charge is 0.584 e. The smallest absolute Gasteiger partial charge is 0.395 e. The Kier molecular flexibility index (Phi) is 5.83.